The maximum Gasteiger partial charge on any atom is 0.388 e. The zero-order valence-electron chi connectivity index (χ0n) is 7.13. The first kappa shape index (κ1) is 10.8. The average molecular weight is 222 g/mol. The van der Waals surface area contributed by atoms with Gasteiger partial charge in [-0.1, -0.05) is 11.6 Å². The van der Waals surface area contributed by atoms with Gasteiger partial charge in [0, 0.05) is 6.20 Å². The standard InChI is InChI=1S/C8H6ClF2NO2/c1-4(13)6-2-5(9)3-12-7(6)14-8(10)11/h2-3,8H,1H3. The van der Waals surface area contributed by atoms with Gasteiger partial charge in [-0.05, 0) is 13.0 Å². The molecule has 0 aliphatic heterocycles. The molecule has 14 heavy (non-hydrogen) atoms. The highest BCUT2D eigenvalue weighted by Crippen LogP contribution is 2.21. The molecule has 0 unspecified atom stereocenters. The first-order valence-electron chi connectivity index (χ1n) is 3.62. The summed E-state index contributed by atoms with van der Waals surface area (Å²) in [5.74, 6) is -0.840. The van der Waals surface area contributed by atoms with Crippen LogP contribution in [-0.2, 0) is 0 Å². The Hall–Kier alpha value is -1.23. The van der Waals surface area contributed by atoms with Gasteiger partial charge in [-0.25, -0.2) is 4.98 Å². The molecule has 0 aliphatic carbocycles. The molecule has 1 heterocycles. The lowest BCUT2D eigenvalue weighted by Gasteiger charge is -2.06. The van der Waals surface area contributed by atoms with Crippen molar-refractivity contribution in [3.05, 3.63) is 22.8 Å². The number of alkyl halides is 2. The van der Waals surface area contributed by atoms with Crippen LogP contribution in [-0.4, -0.2) is 17.4 Å². The number of pyridine rings is 1. The van der Waals surface area contributed by atoms with E-state index in [0.29, 0.717) is 0 Å². The maximum absolute atomic E-state index is 11.9. The van der Waals surface area contributed by atoms with Crippen LogP contribution in [0.1, 0.15) is 17.3 Å². The summed E-state index contributed by atoms with van der Waals surface area (Å²) in [6.45, 7) is -1.80. The molecule has 1 aromatic heterocycles. The van der Waals surface area contributed by atoms with Crippen LogP contribution in [0.25, 0.3) is 0 Å². The van der Waals surface area contributed by atoms with E-state index < -0.39 is 18.3 Å². The number of ether oxygens (including phenoxy) is 1. The summed E-state index contributed by atoms with van der Waals surface area (Å²) >= 11 is 5.54. The number of hydrogen-bond acceptors (Lipinski definition) is 3. The van der Waals surface area contributed by atoms with Gasteiger partial charge in [0.1, 0.15) is 0 Å². The van der Waals surface area contributed by atoms with E-state index in [1.807, 2.05) is 0 Å². The van der Waals surface area contributed by atoms with Crippen molar-refractivity contribution < 1.29 is 18.3 Å². The minimum Gasteiger partial charge on any atom is -0.416 e. The molecule has 0 saturated carbocycles. The molecule has 0 amide bonds. The zero-order valence-corrected chi connectivity index (χ0v) is 7.89. The van der Waals surface area contributed by atoms with Crippen LogP contribution >= 0.6 is 11.6 Å². The fourth-order valence-electron chi connectivity index (χ4n) is 0.857. The number of nitrogens with zero attached hydrogens (tertiary/aromatic N) is 1. The average Bonchev–Trinajstić information content (AvgIpc) is 2.07. The van der Waals surface area contributed by atoms with Crippen molar-refractivity contribution in [3.63, 3.8) is 0 Å². The Bertz CT molecular complexity index is 357. The lowest BCUT2D eigenvalue weighted by Crippen LogP contribution is -2.08. The van der Waals surface area contributed by atoms with Gasteiger partial charge in [0.15, 0.2) is 5.78 Å². The second-order valence-electron chi connectivity index (χ2n) is 2.44. The van der Waals surface area contributed by atoms with Gasteiger partial charge in [0.05, 0.1) is 10.6 Å². The van der Waals surface area contributed by atoms with Crippen molar-refractivity contribution >= 4 is 17.4 Å². The van der Waals surface area contributed by atoms with Gasteiger partial charge in [-0.3, -0.25) is 4.79 Å². The number of halogens is 3. The van der Waals surface area contributed by atoms with Crippen LogP contribution in [0.2, 0.25) is 5.02 Å². The van der Waals surface area contributed by atoms with E-state index in [0.717, 1.165) is 6.20 Å². The molecule has 3 nitrogen and oxygen atoms in total. The van der Waals surface area contributed by atoms with Gasteiger partial charge in [-0.2, -0.15) is 8.78 Å². The largest absolute Gasteiger partial charge is 0.416 e. The smallest absolute Gasteiger partial charge is 0.388 e. The summed E-state index contributed by atoms with van der Waals surface area (Å²) in [5.41, 5.74) is -0.0576. The number of rotatable bonds is 3. The molecule has 0 spiro atoms. The second-order valence-corrected chi connectivity index (χ2v) is 2.88. The van der Waals surface area contributed by atoms with Gasteiger partial charge in [-0.15, -0.1) is 0 Å². The third-order valence-corrected chi connectivity index (χ3v) is 1.60. The highest BCUT2D eigenvalue weighted by atomic mass is 35.5. The molecule has 0 aromatic carbocycles. The molecule has 6 heteroatoms. The quantitative estimate of drug-likeness (QED) is 0.737. The van der Waals surface area contributed by atoms with E-state index in [1.165, 1.54) is 13.0 Å². The first-order valence-corrected chi connectivity index (χ1v) is 4.00. The molecule has 0 atom stereocenters. The van der Waals surface area contributed by atoms with Gasteiger partial charge in [0.25, 0.3) is 0 Å². The molecule has 0 bridgehead atoms. The number of Topliss-reactive ketones (excluding diaryl/α,β-unsaturated/α-hetero) is 1. The summed E-state index contributed by atoms with van der Waals surface area (Å²) in [6, 6.07) is 1.23. The fraction of sp³-hybridized carbons (Fsp3) is 0.250. The minimum atomic E-state index is -3.01. The highest BCUT2D eigenvalue weighted by Gasteiger charge is 2.14. The van der Waals surface area contributed by atoms with Crippen LogP contribution in [0.15, 0.2) is 12.3 Å². The Morgan fingerprint density at radius 2 is 2.29 bits per heavy atom. The van der Waals surface area contributed by atoms with E-state index in [1.54, 1.807) is 0 Å². The Morgan fingerprint density at radius 3 is 2.79 bits per heavy atom. The first-order chi connectivity index (χ1) is 6.50. The number of aromatic nitrogens is 1. The summed E-state index contributed by atoms with van der Waals surface area (Å²) < 4.78 is 27.8. The molecule has 0 N–H and O–H groups in total. The zero-order chi connectivity index (χ0) is 10.7. The normalized spacial score (nSPS) is 10.4. The van der Waals surface area contributed by atoms with E-state index in [-0.39, 0.29) is 10.6 Å². The lowest BCUT2D eigenvalue weighted by molar-refractivity contribution is -0.0531. The maximum atomic E-state index is 11.9. The molecule has 0 radical (unpaired) electrons. The molecule has 0 saturated heterocycles. The number of carbonyl (C=O) groups excluding carboxylic acids is 1. The SMILES string of the molecule is CC(=O)c1cc(Cl)cnc1OC(F)F. The van der Waals surface area contributed by atoms with Crippen LogP contribution in [0.3, 0.4) is 0 Å². The Balaban J connectivity index is 3.08. The lowest BCUT2D eigenvalue weighted by atomic mass is 10.2. The van der Waals surface area contributed by atoms with Crippen LogP contribution in [0, 0.1) is 0 Å². The molecule has 1 rings (SSSR count). The van der Waals surface area contributed by atoms with Gasteiger partial charge >= 0.3 is 6.61 Å². The molecule has 0 aliphatic rings. The van der Waals surface area contributed by atoms with E-state index >= 15 is 0 Å². The highest BCUT2D eigenvalue weighted by molar-refractivity contribution is 6.30. The van der Waals surface area contributed by atoms with Crippen molar-refractivity contribution in [2.24, 2.45) is 0 Å². The Kier molecular flexibility index (Phi) is 3.35. The van der Waals surface area contributed by atoms with Crippen LogP contribution < -0.4 is 4.74 Å². The van der Waals surface area contributed by atoms with Crippen molar-refractivity contribution in [1.82, 2.24) is 4.98 Å². The minimum absolute atomic E-state index is 0.0576. The number of carbonyl (C=O) groups is 1. The number of hydrogen-bond donors (Lipinski definition) is 0. The summed E-state index contributed by atoms with van der Waals surface area (Å²) in [5, 5.41) is 0.191. The van der Waals surface area contributed by atoms with E-state index in [4.69, 9.17) is 11.6 Å². The molecule has 1 aromatic rings. The van der Waals surface area contributed by atoms with Crippen LogP contribution in [0.5, 0.6) is 5.88 Å². The molecule has 0 fully saturated rings. The fourth-order valence-corrected chi connectivity index (χ4v) is 1.02. The molecular formula is C8H6ClF2NO2. The predicted octanol–water partition coefficient (Wildman–Crippen LogP) is 2.54. The second kappa shape index (κ2) is 4.32. The topological polar surface area (TPSA) is 39.2 Å². The summed E-state index contributed by atoms with van der Waals surface area (Å²) in [4.78, 5) is 14.5. The summed E-state index contributed by atoms with van der Waals surface area (Å²) in [7, 11) is 0. The van der Waals surface area contributed by atoms with E-state index in [2.05, 4.69) is 9.72 Å². The Labute approximate surface area is 83.7 Å². The third-order valence-electron chi connectivity index (χ3n) is 1.40. The van der Waals surface area contributed by atoms with Gasteiger partial charge in [0.2, 0.25) is 5.88 Å². The van der Waals surface area contributed by atoms with Crippen LogP contribution in [0.4, 0.5) is 8.78 Å². The predicted molar refractivity (Wildman–Crippen MR) is 45.9 cm³/mol. The molecule has 76 valence electrons. The van der Waals surface area contributed by atoms with Crippen molar-refractivity contribution in [1.29, 1.82) is 0 Å². The molecular weight excluding hydrogens is 216 g/mol. The van der Waals surface area contributed by atoms with Crippen molar-refractivity contribution in [3.8, 4) is 5.88 Å². The van der Waals surface area contributed by atoms with E-state index in [9.17, 15) is 13.6 Å². The number of ketones is 1. The van der Waals surface area contributed by atoms with Gasteiger partial charge < -0.3 is 4.74 Å². The van der Waals surface area contributed by atoms with Crippen molar-refractivity contribution in [2.45, 2.75) is 13.5 Å². The Morgan fingerprint density at radius 1 is 1.64 bits per heavy atom. The monoisotopic (exact) mass is 221 g/mol. The van der Waals surface area contributed by atoms with Crippen molar-refractivity contribution in [2.75, 3.05) is 0 Å². The third kappa shape index (κ3) is 2.63. The summed E-state index contributed by atoms with van der Waals surface area (Å²) in [6.07, 6.45) is 1.13.